The standard InChI is InChI=1S/C17H24BrNO4S/c1-2-9-19(15-8-11-24(21,22)13-15)17(20)7-4-10-23-16-6-3-5-14(18)12-16/h3,5-6,12,15H,2,4,7-11,13H2,1H3. The lowest BCUT2D eigenvalue weighted by Gasteiger charge is -2.28. The minimum atomic E-state index is -2.98. The summed E-state index contributed by atoms with van der Waals surface area (Å²) in [6.45, 7) is 3.08. The molecule has 1 aromatic rings. The Balaban J connectivity index is 1.80. The van der Waals surface area contributed by atoms with Gasteiger partial charge in [0, 0.05) is 23.5 Å². The van der Waals surface area contributed by atoms with Crippen molar-refractivity contribution >= 4 is 31.7 Å². The first-order chi connectivity index (χ1) is 11.4. The Labute approximate surface area is 152 Å². The van der Waals surface area contributed by atoms with E-state index in [1.54, 1.807) is 4.90 Å². The lowest BCUT2D eigenvalue weighted by Crippen LogP contribution is -2.41. The number of nitrogens with zero attached hydrogens (tertiary/aromatic N) is 1. The van der Waals surface area contributed by atoms with Crippen LogP contribution in [-0.2, 0) is 14.6 Å². The molecule has 0 N–H and O–H groups in total. The molecule has 1 aliphatic heterocycles. The van der Waals surface area contributed by atoms with Gasteiger partial charge in [-0.25, -0.2) is 8.42 Å². The molecule has 134 valence electrons. The molecule has 1 aliphatic rings. The van der Waals surface area contributed by atoms with Crippen molar-refractivity contribution in [3.8, 4) is 5.75 Å². The Morgan fingerprint density at radius 2 is 2.21 bits per heavy atom. The Morgan fingerprint density at radius 3 is 2.83 bits per heavy atom. The lowest BCUT2D eigenvalue weighted by molar-refractivity contribution is -0.133. The molecule has 1 heterocycles. The summed E-state index contributed by atoms with van der Waals surface area (Å²) in [6.07, 6.45) is 2.38. The van der Waals surface area contributed by atoms with Crippen LogP contribution in [0.5, 0.6) is 5.75 Å². The second-order valence-electron chi connectivity index (χ2n) is 6.05. The van der Waals surface area contributed by atoms with E-state index in [-0.39, 0.29) is 23.5 Å². The summed E-state index contributed by atoms with van der Waals surface area (Å²) in [5, 5.41) is 0. The van der Waals surface area contributed by atoms with Crippen LogP contribution in [0.3, 0.4) is 0 Å². The normalized spacial score (nSPS) is 19.2. The van der Waals surface area contributed by atoms with Crippen molar-refractivity contribution in [3.63, 3.8) is 0 Å². The molecule has 0 spiro atoms. The van der Waals surface area contributed by atoms with Gasteiger partial charge in [-0.2, -0.15) is 0 Å². The fraction of sp³-hybridized carbons (Fsp3) is 0.588. The number of amides is 1. The molecule has 5 nitrogen and oxygen atoms in total. The number of hydrogen-bond acceptors (Lipinski definition) is 4. The van der Waals surface area contributed by atoms with Gasteiger partial charge in [-0.1, -0.05) is 28.9 Å². The number of hydrogen-bond donors (Lipinski definition) is 0. The Hall–Kier alpha value is -1.08. The molecular weight excluding hydrogens is 394 g/mol. The maximum atomic E-state index is 12.5. The third kappa shape index (κ3) is 5.77. The predicted octanol–water partition coefficient (Wildman–Crippen LogP) is 3.03. The molecule has 2 rings (SSSR count). The zero-order valence-electron chi connectivity index (χ0n) is 13.9. The van der Waals surface area contributed by atoms with Crippen LogP contribution in [0.1, 0.15) is 32.6 Å². The van der Waals surface area contributed by atoms with Crippen LogP contribution >= 0.6 is 15.9 Å². The highest BCUT2D eigenvalue weighted by Crippen LogP contribution is 2.20. The first kappa shape index (κ1) is 19.2. The fourth-order valence-electron chi connectivity index (χ4n) is 2.89. The molecule has 24 heavy (non-hydrogen) atoms. The molecule has 1 saturated heterocycles. The number of carbonyl (C=O) groups is 1. The van der Waals surface area contributed by atoms with E-state index in [0.717, 1.165) is 16.6 Å². The van der Waals surface area contributed by atoms with Crippen LogP contribution < -0.4 is 4.74 Å². The van der Waals surface area contributed by atoms with Crippen molar-refractivity contribution in [2.75, 3.05) is 24.7 Å². The van der Waals surface area contributed by atoms with Crippen molar-refractivity contribution < 1.29 is 17.9 Å². The Bertz CT molecular complexity index is 662. The SMILES string of the molecule is CCCN(C(=O)CCCOc1cccc(Br)c1)C1CCS(=O)(=O)C1. The van der Waals surface area contributed by atoms with Gasteiger partial charge in [0.1, 0.15) is 5.75 Å². The maximum Gasteiger partial charge on any atom is 0.222 e. The van der Waals surface area contributed by atoms with Crippen molar-refractivity contribution in [2.45, 2.75) is 38.6 Å². The zero-order valence-corrected chi connectivity index (χ0v) is 16.3. The van der Waals surface area contributed by atoms with E-state index in [1.165, 1.54) is 0 Å². The minimum Gasteiger partial charge on any atom is -0.494 e. The summed E-state index contributed by atoms with van der Waals surface area (Å²) in [5.41, 5.74) is 0. The van der Waals surface area contributed by atoms with Gasteiger partial charge < -0.3 is 9.64 Å². The molecule has 1 unspecified atom stereocenters. The van der Waals surface area contributed by atoms with E-state index in [0.29, 0.717) is 32.4 Å². The highest BCUT2D eigenvalue weighted by Gasteiger charge is 2.33. The monoisotopic (exact) mass is 417 g/mol. The third-order valence-corrected chi connectivity index (χ3v) is 6.28. The lowest BCUT2D eigenvalue weighted by atomic mass is 10.2. The average Bonchev–Trinajstić information content (AvgIpc) is 2.89. The third-order valence-electron chi connectivity index (χ3n) is 4.03. The summed E-state index contributed by atoms with van der Waals surface area (Å²) >= 11 is 3.39. The molecule has 0 bridgehead atoms. The number of sulfone groups is 1. The molecule has 0 aromatic heterocycles. The van der Waals surface area contributed by atoms with Gasteiger partial charge in [0.05, 0.1) is 18.1 Å². The number of carbonyl (C=O) groups excluding carboxylic acids is 1. The van der Waals surface area contributed by atoms with Crippen molar-refractivity contribution in [1.29, 1.82) is 0 Å². The highest BCUT2D eigenvalue weighted by molar-refractivity contribution is 9.10. The second kappa shape index (κ2) is 8.85. The Morgan fingerprint density at radius 1 is 1.42 bits per heavy atom. The molecule has 1 atom stereocenters. The molecule has 0 aliphatic carbocycles. The highest BCUT2D eigenvalue weighted by atomic mass is 79.9. The van der Waals surface area contributed by atoms with Gasteiger partial charge in [0.2, 0.25) is 5.91 Å². The van der Waals surface area contributed by atoms with Crippen LogP contribution in [0, 0.1) is 0 Å². The van der Waals surface area contributed by atoms with Crippen molar-refractivity contribution in [1.82, 2.24) is 4.90 Å². The zero-order chi connectivity index (χ0) is 17.6. The first-order valence-corrected chi connectivity index (χ1v) is 10.9. The van der Waals surface area contributed by atoms with Gasteiger partial charge in [-0.3, -0.25) is 4.79 Å². The molecule has 1 aromatic carbocycles. The van der Waals surface area contributed by atoms with Crippen molar-refractivity contribution in [2.24, 2.45) is 0 Å². The summed E-state index contributed by atoms with van der Waals surface area (Å²) in [4.78, 5) is 14.2. The summed E-state index contributed by atoms with van der Waals surface area (Å²) in [5.74, 6) is 1.09. The number of benzene rings is 1. The van der Waals surface area contributed by atoms with E-state index in [9.17, 15) is 13.2 Å². The smallest absolute Gasteiger partial charge is 0.222 e. The second-order valence-corrected chi connectivity index (χ2v) is 9.20. The van der Waals surface area contributed by atoms with Crippen LogP contribution in [0.4, 0.5) is 0 Å². The molecular formula is C17H24BrNO4S. The fourth-order valence-corrected chi connectivity index (χ4v) is 5.00. The summed E-state index contributed by atoms with van der Waals surface area (Å²) < 4.78 is 29.9. The first-order valence-electron chi connectivity index (χ1n) is 8.29. The van der Waals surface area contributed by atoms with E-state index in [2.05, 4.69) is 15.9 Å². The maximum absolute atomic E-state index is 12.5. The molecule has 7 heteroatoms. The van der Waals surface area contributed by atoms with E-state index < -0.39 is 9.84 Å². The number of rotatable bonds is 8. The molecule has 1 amide bonds. The van der Waals surface area contributed by atoms with E-state index in [1.807, 2.05) is 31.2 Å². The van der Waals surface area contributed by atoms with E-state index >= 15 is 0 Å². The topological polar surface area (TPSA) is 63.7 Å². The van der Waals surface area contributed by atoms with Gasteiger partial charge in [0.25, 0.3) is 0 Å². The molecule has 0 radical (unpaired) electrons. The minimum absolute atomic E-state index is 0.0248. The van der Waals surface area contributed by atoms with Crippen LogP contribution in [0.15, 0.2) is 28.7 Å². The van der Waals surface area contributed by atoms with Crippen molar-refractivity contribution in [3.05, 3.63) is 28.7 Å². The number of halogens is 1. The van der Waals surface area contributed by atoms with Crippen LogP contribution in [-0.4, -0.2) is 49.9 Å². The summed E-state index contributed by atoms with van der Waals surface area (Å²) in [7, 11) is -2.98. The predicted molar refractivity (Wildman–Crippen MR) is 97.9 cm³/mol. The quantitative estimate of drug-likeness (QED) is 0.609. The largest absolute Gasteiger partial charge is 0.494 e. The van der Waals surface area contributed by atoms with E-state index in [4.69, 9.17) is 4.74 Å². The average molecular weight is 418 g/mol. The van der Waals surface area contributed by atoms with Gasteiger partial charge >= 0.3 is 0 Å². The van der Waals surface area contributed by atoms with Gasteiger partial charge in [0.15, 0.2) is 9.84 Å². The molecule has 0 saturated carbocycles. The number of ether oxygens (including phenoxy) is 1. The van der Waals surface area contributed by atoms with Crippen LogP contribution in [0.25, 0.3) is 0 Å². The molecule has 1 fully saturated rings. The van der Waals surface area contributed by atoms with Crippen LogP contribution in [0.2, 0.25) is 0 Å². The van der Waals surface area contributed by atoms with Gasteiger partial charge in [-0.15, -0.1) is 0 Å². The summed E-state index contributed by atoms with van der Waals surface area (Å²) in [6, 6.07) is 7.42. The van der Waals surface area contributed by atoms with Gasteiger partial charge in [-0.05, 0) is 37.5 Å². The Kier molecular flexibility index (Phi) is 7.10.